The van der Waals surface area contributed by atoms with Crippen molar-refractivity contribution in [1.29, 1.82) is 0 Å². The number of amides is 3. The third-order valence-corrected chi connectivity index (χ3v) is 2.94. The second kappa shape index (κ2) is 6.38. The smallest absolute Gasteiger partial charge is 0.318 e. The molecule has 1 aliphatic rings. The second-order valence-electron chi connectivity index (χ2n) is 5.01. The predicted octanol–water partition coefficient (Wildman–Crippen LogP) is 2.57. The Morgan fingerprint density at radius 2 is 1.89 bits per heavy atom. The van der Waals surface area contributed by atoms with Gasteiger partial charge in [-0.05, 0) is 33.6 Å². The Kier molecular flexibility index (Phi) is 5.13. The van der Waals surface area contributed by atoms with E-state index in [0.717, 1.165) is 12.8 Å². The van der Waals surface area contributed by atoms with Gasteiger partial charge >= 0.3 is 6.03 Å². The molecule has 0 atom stereocenters. The van der Waals surface area contributed by atoms with Gasteiger partial charge in [0.25, 0.3) is 5.91 Å². The standard InChI is InChI=1S/C14H22N2O2/c1-11(2)6-5-7-12(3)8-9-16-13(17)10-15(4)14(16)18/h6,8H,5,7,9-10H2,1-4H3. The zero-order valence-electron chi connectivity index (χ0n) is 11.7. The summed E-state index contributed by atoms with van der Waals surface area (Å²) >= 11 is 0. The molecule has 3 amide bonds. The highest BCUT2D eigenvalue weighted by Gasteiger charge is 2.32. The number of carbonyl (C=O) groups excluding carboxylic acids is 2. The minimum atomic E-state index is -0.201. The van der Waals surface area contributed by atoms with Crippen LogP contribution in [0.4, 0.5) is 4.79 Å². The van der Waals surface area contributed by atoms with Gasteiger partial charge in [-0.2, -0.15) is 0 Å². The van der Waals surface area contributed by atoms with Gasteiger partial charge in [0.05, 0.1) is 0 Å². The molecular formula is C14H22N2O2. The SMILES string of the molecule is CC(C)=CCCC(C)=CCN1C(=O)CN(C)C1=O. The van der Waals surface area contributed by atoms with Crippen LogP contribution in [0.2, 0.25) is 0 Å². The van der Waals surface area contributed by atoms with Crippen LogP contribution in [-0.2, 0) is 4.79 Å². The number of hydrogen-bond acceptors (Lipinski definition) is 2. The van der Waals surface area contributed by atoms with Crippen LogP contribution >= 0.6 is 0 Å². The van der Waals surface area contributed by atoms with E-state index in [4.69, 9.17) is 0 Å². The van der Waals surface area contributed by atoms with Crippen molar-refractivity contribution in [1.82, 2.24) is 9.80 Å². The summed E-state index contributed by atoms with van der Waals surface area (Å²) in [6, 6.07) is -0.201. The molecule has 4 heteroatoms. The van der Waals surface area contributed by atoms with Crippen LogP contribution in [0.1, 0.15) is 33.6 Å². The quantitative estimate of drug-likeness (QED) is 0.556. The molecule has 1 aliphatic heterocycles. The van der Waals surface area contributed by atoms with Crippen LogP contribution in [0.25, 0.3) is 0 Å². The molecule has 0 aromatic heterocycles. The Morgan fingerprint density at radius 1 is 1.22 bits per heavy atom. The molecule has 1 heterocycles. The first-order valence-electron chi connectivity index (χ1n) is 6.26. The molecule has 0 radical (unpaired) electrons. The molecule has 18 heavy (non-hydrogen) atoms. The van der Waals surface area contributed by atoms with Crippen molar-refractivity contribution < 1.29 is 9.59 Å². The summed E-state index contributed by atoms with van der Waals surface area (Å²) in [5.41, 5.74) is 2.52. The fraction of sp³-hybridized carbons (Fsp3) is 0.571. The number of carbonyl (C=O) groups is 2. The summed E-state index contributed by atoms with van der Waals surface area (Å²) in [4.78, 5) is 25.9. The average molecular weight is 250 g/mol. The minimum absolute atomic E-state index is 0.115. The normalized spacial score (nSPS) is 16.6. The molecule has 0 spiro atoms. The molecule has 4 nitrogen and oxygen atoms in total. The summed E-state index contributed by atoms with van der Waals surface area (Å²) in [5.74, 6) is -0.115. The largest absolute Gasteiger partial charge is 0.327 e. The van der Waals surface area contributed by atoms with Crippen molar-refractivity contribution >= 4 is 11.9 Å². The Bertz CT molecular complexity index is 393. The van der Waals surface area contributed by atoms with E-state index in [1.54, 1.807) is 7.05 Å². The van der Waals surface area contributed by atoms with Crippen LogP contribution in [-0.4, -0.2) is 41.9 Å². The highest BCUT2D eigenvalue weighted by Crippen LogP contribution is 2.10. The maximum absolute atomic E-state index is 11.6. The molecule has 0 aromatic carbocycles. The van der Waals surface area contributed by atoms with E-state index in [1.165, 1.54) is 20.9 Å². The minimum Gasteiger partial charge on any atom is -0.318 e. The number of imide groups is 1. The van der Waals surface area contributed by atoms with E-state index in [9.17, 15) is 9.59 Å². The Balaban J connectivity index is 2.46. The molecule has 0 aromatic rings. The second-order valence-corrected chi connectivity index (χ2v) is 5.01. The molecule has 0 unspecified atom stereocenters. The number of nitrogens with zero attached hydrogens (tertiary/aromatic N) is 2. The van der Waals surface area contributed by atoms with E-state index < -0.39 is 0 Å². The summed E-state index contributed by atoms with van der Waals surface area (Å²) in [6.07, 6.45) is 6.13. The topological polar surface area (TPSA) is 40.6 Å². The molecule has 1 fully saturated rings. The first kappa shape index (κ1) is 14.5. The van der Waals surface area contributed by atoms with Gasteiger partial charge in [-0.15, -0.1) is 0 Å². The summed E-state index contributed by atoms with van der Waals surface area (Å²) < 4.78 is 0. The molecule has 0 aliphatic carbocycles. The van der Waals surface area contributed by atoms with E-state index in [1.807, 2.05) is 13.0 Å². The van der Waals surface area contributed by atoms with Crippen LogP contribution in [0.15, 0.2) is 23.3 Å². The third-order valence-electron chi connectivity index (χ3n) is 2.94. The van der Waals surface area contributed by atoms with Gasteiger partial charge < -0.3 is 4.90 Å². The molecule has 0 bridgehead atoms. The van der Waals surface area contributed by atoms with Gasteiger partial charge in [0.2, 0.25) is 0 Å². The lowest BCUT2D eigenvalue weighted by Crippen LogP contribution is -2.31. The highest BCUT2D eigenvalue weighted by molar-refractivity contribution is 6.01. The van der Waals surface area contributed by atoms with Crippen molar-refractivity contribution in [3.63, 3.8) is 0 Å². The molecular weight excluding hydrogens is 228 g/mol. The van der Waals surface area contributed by atoms with Gasteiger partial charge in [-0.25, -0.2) is 4.79 Å². The maximum atomic E-state index is 11.6. The van der Waals surface area contributed by atoms with Crippen molar-refractivity contribution in [2.45, 2.75) is 33.6 Å². The van der Waals surface area contributed by atoms with Crippen molar-refractivity contribution in [2.24, 2.45) is 0 Å². The monoisotopic (exact) mass is 250 g/mol. The Morgan fingerprint density at radius 3 is 2.39 bits per heavy atom. The first-order valence-corrected chi connectivity index (χ1v) is 6.26. The van der Waals surface area contributed by atoms with E-state index in [0.29, 0.717) is 6.54 Å². The fourth-order valence-corrected chi connectivity index (χ4v) is 1.79. The van der Waals surface area contributed by atoms with Crippen LogP contribution < -0.4 is 0 Å². The lowest BCUT2D eigenvalue weighted by Gasteiger charge is -2.12. The van der Waals surface area contributed by atoms with E-state index >= 15 is 0 Å². The number of allylic oxidation sites excluding steroid dienone is 3. The van der Waals surface area contributed by atoms with Gasteiger partial charge in [0.15, 0.2) is 0 Å². The van der Waals surface area contributed by atoms with Gasteiger partial charge in [-0.3, -0.25) is 9.69 Å². The van der Waals surface area contributed by atoms with Crippen LogP contribution in [0.5, 0.6) is 0 Å². The van der Waals surface area contributed by atoms with Crippen molar-refractivity contribution in [3.05, 3.63) is 23.3 Å². The summed E-state index contributed by atoms with van der Waals surface area (Å²) in [5, 5.41) is 0. The summed E-state index contributed by atoms with van der Waals surface area (Å²) in [6.45, 7) is 6.78. The average Bonchev–Trinajstić information content (AvgIpc) is 2.50. The predicted molar refractivity (Wildman–Crippen MR) is 72.2 cm³/mol. The van der Waals surface area contributed by atoms with Crippen LogP contribution in [0, 0.1) is 0 Å². The Hall–Kier alpha value is -1.58. The van der Waals surface area contributed by atoms with Gasteiger partial charge in [0.1, 0.15) is 6.54 Å². The number of rotatable bonds is 5. The number of likely N-dealkylation sites (N-methyl/N-ethyl adjacent to an activating group) is 1. The van der Waals surface area contributed by atoms with Crippen molar-refractivity contribution in [2.75, 3.05) is 20.1 Å². The molecule has 0 N–H and O–H groups in total. The lowest BCUT2D eigenvalue weighted by atomic mass is 10.1. The zero-order valence-corrected chi connectivity index (χ0v) is 11.7. The van der Waals surface area contributed by atoms with Crippen molar-refractivity contribution in [3.8, 4) is 0 Å². The highest BCUT2D eigenvalue weighted by atomic mass is 16.2. The van der Waals surface area contributed by atoms with E-state index in [-0.39, 0.29) is 18.5 Å². The molecule has 100 valence electrons. The maximum Gasteiger partial charge on any atom is 0.327 e. The van der Waals surface area contributed by atoms with Gasteiger partial charge in [0, 0.05) is 13.6 Å². The third kappa shape index (κ3) is 4.02. The fourth-order valence-electron chi connectivity index (χ4n) is 1.79. The summed E-state index contributed by atoms with van der Waals surface area (Å²) in [7, 11) is 1.64. The lowest BCUT2D eigenvalue weighted by molar-refractivity contribution is -0.124. The Labute approximate surface area is 109 Å². The first-order chi connectivity index (χ1) is 8.41. The molecule has 1 saturated heterocycles. The van der Waals surface area contributed by atoms with Crippen LogP contribution in [0.3, 0.4) is 0 Å². The number of urea groups is 1. The van der Waals surface area contributed by atoms with E-state index in [2.05, 4.69) is 19.9 Å². The molecule has 0 saturated carbocycles. The number of hydrogen-bond donors (Lipinski definition) is 0. The zero-order chi connectivity index (χ0) is 13.7. The van der Waals surface area contributed by atoms with Gasteiger partial charge in [-0.1, -0.05) is 23.3 Å². The molecule has 1 rings (SSSR count).